The number of hydrogen-bond acceptors (Lipinski definition) is 3. The third-order valence-corrected chi connectivity index (χ3v) is 4.05. The molecule has 1 unspecified atom stereocenters. The highest BCUT2D eigenvalue weighted by molar-refractivity contribution is 5.85. The summed E-state index contributed by atoms with van der Waals surface area (Å²) >= 11 is 0. The van der Waals surface area contributed by atoms with Crippen LogP contribution >= 0.6 is 12.4 Å². The molecule has 1 aromatic carbocycles. The van der Waals surface area contributed by atoms with Gasteiger partial charge in [0.2, 0.25) is 11.8 Å². The van der Waals surface area contributed by atoms with Crippen molar-refractivity contribution in [1.82, 2.24) is 10.6 Å². The summed E-state index contributed by atoms with van der Waals surface area (Å²) in [5, 5.41) is 5.62. The van der Waals surface area contributed by atoms with Crippen LogP contribution < -0.4 is 16.4 Å². The summed E-state index contributed by atoms with van der Waals surface area (Å²) < 4.78 is 0. The van der Waals surface area contributed by atoms with Crippen molar-refractivity contribution in [3.05, 3.63) is 35.9 Å². The molecule has 6 heteroatoms. The molecule has 0 aromatic heterocycles. The van der Waals surface area contributed by atoms with E-state index in [1.54, 1.807) is 0 Å². The molecule has 1 atom stereocenters. The fourth-order valence-electron chi connectivity index (χ4n) is 2.79. The predicted molar refractivity (Wildman–Crippen MR) is 93.3 cm³/mol. The number of carbonyl (C=O) groups is 2. The first-order valence-corrected chi connectivity index (χ1v) is 8.02. The second-order valence-electron chi connectivity index (χ2n) is 5.90. The first kappa shape index (κ1) is 19.5. The van der Waals surface area contributed by atoms with Gasteiger partial charge in [-0.25, -0.2) is 0 Å². The number of hydrogen-bond donors (Lipinski definition) is 3. The molecular formula is C17H26ClN3O2. The molecule has 2 amide bonds. The Hall–Kier alpha value is -1.59. The van der Waals surface area contributed by atoms with Crippen molar-refractivity contribution in [3.63, 3.8) is 0 Å². The number of amides is 2. The molecule has 5 nitrogen and oxygen atoms in total. The van der Waals surface area contributed by atoms with E-state index in [0.717, 1.165) is 18.4 Å². The Morgan fingerprint density at radius 2 is 1.74 bits per heavy atom. The summed E-state index contributed by atoms with van der Waals surface area (Å²) in [5.74, 6) is -0.316. The Morgan fingerprint density at radius 3 is 2.39 bits per heavy atom. The first-order valence-electron chi connectivity index (χ1n) is 8.02. The fourth-order valence-corrected chi connectivity index (χ4v) is 2.79. The molecule has 0 aliphatic heterocycles. The van der Waals surface area contributed by atoms with Crippen LogP contribution in [0.15, 0.2) is 30.3 Å². The third-order valence-electron chi connectivity index (χ3n) is 4.05. The van der Waals surface area contributed by atoms with Gasteiger partial charge in [-0.3, -0.25) is 9.59 Å². The zero-order valence-electron chi connectivity index (χ0n) is 13.3. The second kappa shape index (κ2) is 10.2. The van der Waals surface area contributed by atoms with Crippen molar-refractivity contribution in [2.45, 2.75) is 50.6 Å². The summed E-state index contributed by atoms with van der Waals surface area (Å²) in [5.41, 5.74) is 6.91. The normalized spacial score (nSPS) is 16.0. The van der Waals surface area contributed by atoms with Crippen LogP contribution in [0.3, 0.4) is 0 Å². The van der Waals surface area contributed by atoms with Crippen molar-refractivity contribution >= 4 is 24.2 Å². The monoisotopic (exact) mass is 339 g/mol. The molecule has 2 rings (SSSR count). The molecule has 1 aliphatic carbocycles. The Bertz CT molecular complexity index is 490. The highest BCUT2D eigenvalue weighted by Crippen LogP contribution is 2.17. The molecule has 1 aliphatic rings. The molecule has 1 saturated carbocycles. The van der Waals surface area contributed by atoms with Crippen molar-refractivity contribution < 1.29 is 9.59 Å². The van der Waals surface area contributed by atoms with Gasteiger partial charge in [0.05, 0.1) is 6.54 Å². The summed E-state index contributed by atoms with van der Waals surface area (Å²) in [6, 6.07) is 9.41. The Balaban J connectivity index is 0.00000264. The van der Waals surface area contributed by atoms with E-state index in [9.17, 15) is 9.59 Å². The standard InChI is InChI=1S/C17H25N3O2.ClH/c18-15(13-7-3-1-4-8-13)11-16(21)19-12-17(22)20-14-9-5-2-6-10-14;/h1,3-4,7-8,14-15H,2,5-6,9-12,18H2,(H,19,21)(H,20,22);1H. The van der Waals surface area contributed by atoms with E-state index >= 15 is 0 Å². The van der Waals surface area contributed by atoms with Crippen LogP contribution in [-0.2, 0) is 9.59 Å². The number of carbonyl (C=O) groups excluding carboxylic acids is 2. The molecule has 23 heavy (non-hydrogen) atoms. The average Bonchev–Trinajstić information content (AvgIpc) is 2.55. The van der Waals surface area contributed by atoms with Gasteiger partial charge >= 0.3 is 0 Å². The van der Waals surface area contributed by atoms with Gasteiger partial charge in [0, 0.05) is 18.5 Å². The quantitative estimate of drug-likeness (QED) is 0.741. The van der Waals surface area contributed by atoms with Gasteiger partial charge in [-0.15, -0.1) is 12.4 Å². The number of benzene rings is 1. The van der Waals surface area contributed by atoms with E-state index < -0.39 is 0 Å². The lowest BCUT2D eigenvalue weighted by molar-refractivity contribution is -0.126. The van der Waals surface area contributed by atoms with E-state index in [1.165, 1.54) is 19.3 Å². The maximum atomic E-state index is 11.9. The van der Waals surface area contributed by atoms with E-state index in [2.05, 4.69) is 10.6 Å². The Labute approximate surface area is 143 Å². The van der Waals surface area contributed by atoms with Crippen molar-refractivity contribution in [2.24, 2.45) is 5.73 Å². The smallest absolute Gasteiger partial charge is 0.239 e. The number of nitrogens with one attached hydrogen (secondary N) is 2. The molecule has 0 spiro atoms. The summed E-state index contributed by atoms with van der Waals surface area (Å²) in [7, 11) is 0. The van der Waals surface area contributed by atoms with Gasteiger partial charge in [-0.05, 0) is 18.4 Å². The number of rotatable bonds is 6. The number of nitrogens with two attached hydrogens (primary N) is 1. The average molecular weight is 340 g/mol. The van der Waals surface area contributed by atoms with Crippen LogP contribution in [0.1, 0.15) is 50.1 Å². The van der Waals surface area contributed by atoms with Crippen LogP contribution in [0.5, 0.6) is 0 Å². The lowest BCUT2D eigenvalue weighted by atomic mass is 9.95. The van der Waals surface area contributed by atoms with Crippen LogP contribution in [0.2, 0.25) is 0 Å². The lowest BCUT2D eigenvalue weighted by Crippen LogP contribution is -2.43. The summed E-state index contributed by atoms with van der Waals surface area (Å²) in [4.78, 5) is 23.7. The van der Waals surface area contributed by atoms with Gasteiger partial charge in [-0.2, -0.15) is 0 Å². The van der Waals surface area contributed by atoms with E-state index in [0.29, 0.717) is 0 Å². The van der Waals surface area contributed by atoms with Gasteiger partial charge in [0.15, 0.2) is 0 Å². The molecule has 1 fully saturated rings. The fraction of sp³-hybridized carbons (Fsp3) is 0.529. The van der Waals surface area contributed by atoms with Crippen LogP contribution in [0, 0.1) is 0 Å². The highest BCUT2D eigenvalue weighted by Gasteiger charge is 2.16. The second-order valence-corrected chi connectivity index (χ2v) is 5.90. The molecule has 0 radical (unpaired) electrons. The van der Waals surface area contributed by atoms with E-state index in [-0.39, 0.29) is 49.3 Å². The third kappa shape index (κ3) is 7.01. The zero-order chi connectivity index (χ0) is 15.8. The molecule has 0 saturated heterocycles. The van der Waals surface area contributed by atoms with Crippen molar-refractivity contribution in [1.29, 1.82) is 0 Å². The van der Waals surface area contributed by atoms with Crippen LogP contribution in [0.4, 0.5) is 0 Å². The van der Waals surface area contributed by atoms with E-state index in [4.69, 9.17) is 5.73 Å². The molecule has 0 bridgehead atoms. The minimum Gasteiger partial charge on any atom is -0.352 e. The first-order chi connectivity index (χ1) is 10.6. The van der Waals surface area contributed by atoms with Gasteiger partial charge < -0.3 is 16.4 Å². The SMILES string of the molecule is Cl.NC(CC(=O)NCC(=O)NC1CCCCC1)c1ccccc1. The Morgan fingerprint density at radius 1 is 1.09 bits per heavy atom. The maximum absolute atomic E-state index is 11.9. The minimum absolute atomic E-state index is 0. The molecule has 0 heterocycles. The number of halogens is 1. The van der Waals surface area contributed by atoms with Crippen LogP contribution in [0.25, 0.3) is 0 Å². The van der Waals surface area contributed by atoms with Crippen molar-refractivity contribution in [3.8, 4) is 0 Å². The van der Waals surface area contributed by atoms with Crippen molar-refractivity contribution in [2.75, 3.05) is 6.54 Å². The lowest BCUT2D eigenvalue weighted by Gasteiger charge is -2.22. The highest BCUT2D eigenvalue weighted by atomic mass is 35.5. The minimum atomic E-state index is -0.345. The topological polar surface area (TPSA) is 84.2 Å². The van der Waals surface area contributed by atoms with Gasteiger partial charge in [-0.1, -0.05) is 49.6 Å². The Kier molecular flexibility index (Phi) is 8.66. The maximum Gasteiger partial charge on any atom is 0.239 e. The summed E-state index contributed by atoms with van der Waals surface area (Å²) in [6.45, 7) is 0.0246. The summed E-state index contributed by atoms with van der Waals surface area (Å²) in [6.07, 6.45) is 5.85. The zero-order valence-corrected chi connectivity index (χ0v) is 14.1. The molecular weight excluding hydrogens is 314 g/mol. The molecule has 128 valence electrons. The van der Waals surface area contributed by atoms with Gasteiger partial charge in [0.25, 0.3) is 0 Å². The molecule has 4 N–H and O–H groups in total. The van der Waals surface area contributed by atoms with Crippen LogP contribution in [-0.4, -0.2) is 24.4 Å². The van der Waals surface area contributed by atoms with E-state index in [1.807, 2.05) is 30.3 Å². The predicted octanol–water partition coefficient (Wildman–Crippen LogP) is 2.06. The van der Waals surface area contributed by atoms with Gasteiger partial charge in [0.1, 0.15) is 0 Å². The molecule has 1 aromatic rings. The largest absolute Gasteiger partial charge is 0.352 e.